The molecule has 2 aromatic carbocycles. The van der Waals surface area contributed by atoms with Gasteiger partial charge in [0.15, 0.2) is 5.69 Å². The van der Waals surface area contributed by atoms with E-state index in [9.17, 15) is 23.6 Å². The lowest BCUT2D eigenvalue weighted by molar-refractivity contribution is -0.131. The van der Waals surface area contributed by atoms with Crippen molar-refractivity contribution in [2.24, 2.45) is 0 Å². The molecule has 0 atom stereocenters. The smallest absolute Gasteiger partial charge is 0.276 e. The SMILES string of the molecule is CN1CCN(C(=O)CNC(=O)c2[nH]cnc2C(=O)Nc2ccc(NC(=O)c3ccc(F)cc3Cl)cc2)CC1. The van der Waals surface area contributed by atoms with Gasteiger partial charge >= 0.3 is 0 Å². The average Bonchev–Trinajstić information content (AvgIpc) is 3.39. The highest BCUT2D eigenvalue weighted by atomic mass is 35.5. The van der Waals surface area contributed by atoms with Crippen LogP contribution in [0.3, 0.4) is 0 Å². The summed E-state index contributed by atoms with van der Waals surface area (Å²) in [5, 5.41) is 7.78. The van der Waals surface area contributed by atoms with E-state index in [1.165, 1.54) is 12.4 Å². The number of hydrogen-bond acceptors (Lipinski definition) is 6. The topological polar surface area (TPSA) is 140 Å². The monoisotopic (exact) mass is 541 g/mol. The van der Waals surface area contributed by atoms with Gasteiger partial charge in [0.25, 0.3) is 17.7 Å². The number of aromatic amines is 1. The molecule has 0 saturated carbocycles. The van der Waals surface area contributed by atoms with Crippen molar-refractivity contribution in [1.82, 2.24) is 25.1 Å². The highest BCUT2D eigenvalue weighted by molar-refractivity contribution is 6.34. The zero-order valence-electron chi connectivity index (χ0n) is 20.4. The van der Waals surface area contributed by atoms with Gasteiger partial charge in [-0.1, -0.05) is 11.6 Å². The zero-order chi connectivity index (χ0) is 27.2. The Hall–Kier alpha value is -4.29. The summed E-state index contributed by atoms with van der Waals surface area (Å²) < 4.78 is 13.2. The Bertz CT molecular complexity index is 1350. The van der Waals surface area contributed by atoms with Crippen LogP contribution < -0.4 is 16.0 Å². The lowest BCUT2D eigenvalue weighted by atomic mass is 10.2. The number of nitrogens with one attached hydrogen (secondary N) is 4. The highest BCUT2D eigenvalue weighted by Gasteiger charge is 2.23. The van der Waals surface area contributed by atoms with Gasteiger partial charge in [-0.25, -0.2) is 9.37 Å². The maximum atomic E-state index is 13.2. The van der Waals surface area contributed by atoms with Crippen LogP contribution in [0.1, 0.15) is 31.3 Å². The number of likely N-dealkylation sites (N-methyl/N-ethyl adjacent to an activating group) is 1. The van der Waals surface area contributed by atoms with Crippen LogP contribution in [0.15, 0.2) is 48.8 Å². The van der Waals surface area contributed by atoms with E-state index >= 15 is 0 Å². The summed E-state index contributed by atoms with van der Waals surface area (Å²) in [6.07, 6.45) is 1.21. The van der Waals surface area contributed by atoms with Crippen molar-refractivity contribution in [2.45, 2.75) is 0 Å². The van der Waals surface area contributed by atoms with Crippen molar-refractivity contribution >= 4 is 46.6 Å². The quantitative estimate of drug-likeness (QED) is 0.362. The number of aromatic nitrogens is 2. The van der Waals surface area contributed by atoms with E-state index in [4.69, 9.17) is 11.6 Å². The summed E-state index contributed by atoms with van der Waals surface area (Å²) in [7, 11) is 1.98. The molecule has 198 valence electrons. The fourth-order valence-electron chi connectivity index (χ4n) is 3.75. The van der Waals surface area contributed by atoms with E-state index in [1.54, 1.807) is 29.2 Å². The van der Waals surface area contributed by atoms with Gasteiger partial charge in [-0.15, -0.1) is 0 Å². The number of halogens is 2. The minimum atomic E-state index is -0.642. The molecule has 0 aliphatic carbocycles. The lowest BCUT2D eigenvalue weighted by Crippen LogP contribution is -2.50. The molecule has 1 saturated heterocycles. The van der Waals surface area contributed by atoms with Crippen molar-refractivity contribution in [3.05, 3.63) is 76.6 Å². The third-order valence-electron chi connectivity index (χ3n) is 5.91. The van der Waals surface area contributed by atoms with E-state index in [-0.39, 0.29) is 34.4 Å². The van der Waals surface area contributed by atoms with Crippen molar-refractivity contribution in [3.63, 3.8) is 0 Å². The average molecular weight is 542 g/mol. The molecule has 0 radical (unpaired) electrons. The van der Waals surface area contributed by atoms with Gasteiger partial charge in [-0.2, -0.15) is 0 Å². The van der Waals surface area contributed by atoms with Crippen LogP contribution in [0, 0.1) is 5.82 Å². The molecular formula is C25H25ClFN7O4. The number of nitrogens with zero attached hydrogens (tertiary/aromatic N) is 3. The summed E-state index contributed by atoms with van der Waals surface area (Å²) >= 11 is 5.93. The molecule has 4 amide bonds. The van der Waals surface area contributed by atoms with Gasteiger partial charge in [-0.3, -0.25) is 19.2 Å². The molecule has 3 aromatic rings. The molecule has 0 bridgehead atoms. The number of hydrogen-bond donors (Lipinski definition) is 4. The van der Waals surface area contributed by atoms with Crippen molar-refractivity contribution < 1.29 is 23.6 Å². The number of piperazine rings is 1. The molecule has 2 heterocycles. The summed E-state index contributed by atoms with van der Waals surface area (Å²) in [4.78, 5) is 60.5. The molecule has 1 aliphatic heterocycles. The Morgan fingerprint density at radius 3 is 2.21 bits per heavy atom. The molecule has 1 aromatic heterocycles. The van der Waals surface area contributed by atoms with Crippen LogP contribution in [-0.2, 0) is 4.79 Å². The Kier molecular flexibility index (Phi) is 8.34. The summed E-state index contributed by atoms with van der Waals surface area (Å²) in [5.41, 5.74) is 0.692. The molecule has 1 aliphatic rings. The van der Waals surface area contributed by atoms with E-state index in [2.05, 4.69) is 30.8 Å². The predicted octanol–water partition coefficient (Wildman–Crippen LogP) is 2.21. The molecular weight excluding hydrogens is 517 g/mol. The summed E-state index contributed by atoms with van der Waals surface area (Å²) in [6, 6.07) is 9.64. The van der Waals surface area contributed by atoms with Gasteiger partial charge in [0.1, 0.15) is 11.5 Å². The number of H-pyrrole nitrogens is 1. The van der Waals surface area contributed by atoms with Crippen molar-refractivity contribution in [2.75, 3.05) is 50.4 Å². The van der Waals surface area contributed by atoms with Crippen LogP contribution in [0.4, 0.5) is 15.8 Å². The van der Waals surface area contributed by atoms with Gasteiger partial charge in [-0.05, 0) is 49.5 Å². The minimum Gasteiger partial charge on any atom is -0.342 e. The first kappa shape index (κ1) is 26.8. The zero-order valence-corrected chi connectivity index (χ0v) is 21.1. The molecule has 38 heavy (non-hydrogen) atoms. The van der Waals surface area contributed by atoms with Crippen LogP contribution in [0.2, 0.25) is 5.02 Å². The fourth-order valence-corrected chi connectivity index (χ4v) is 4.00. The number of anilines is 2. The largest absolute Gasteiger partial charge is 0.342 e. The molecule has 1 fully saturated rings. The third-order valence-corrected chi connectivity index (χ3v) is 6.23. The Morgan fingerprint density at radius 2 is 1.58 bits per heavy atom. The maximum Gasteiger partial charge on any atom is 0.276 e. The van der Waals surface area contributed by atoms with Crippen molar-refractivity contribution in [3.8, 4) is 0 Å². The first-order chi connectivity index (χ1) is 18.2. The van der Waals surface area contributed by atoms with Crippen LogP contribution in [0.25, 0.3) is 0 Å². The second kappa shape index (κ2) is 11.8. The van der Waals surface area contributed by atoms with Crippen molar-refractivity contribution in [1.29, 1.82) is 0 Å². The molecule has 13 heteroatoms. The van der Waals surface area contributed by atoms with Crippen LogP contribution >= 0.6 is 11.6 Å². The summed E-state index contributed by atoms with van der Waals surface area (Å²) in [6.45, 7) is 2.51. The van der Waals surface area contributed by atoms with E-state index in [1.807, 2.05) is 7.05 Å². The van der Waals surface area contributed by atoms with Gasteiger partial charge in [0, 0.05) is 37.6 Å². The second-order valence-corrected chi connectivity index (χ2v) is 9.01. The first-order valence-electron chi connectivity index (χ1n) is 11.7. The van der Waals surface area contributed by atoms with Gasteiger partial charge in [0.05, 0.1) is 23.5 Å². The number of imidazole rings is 1. The minimum absolute atomic E-state index is 0.0195. The molecule has 4 N–H and O–H groups in total. The molecule has 0 unspecified atom stereocenters. The lowest BCUT2D eigenvalue weighted by Gasteiger charge is -2.32. The fraction of sp³-hybridized carbons (Fsp3) is 0.240. The molecule has 4 rings (SSSR count). The van der Waals surface area contributed by atoms with E-state index in [0.717, 1.165) is 25.2 Å². The third kappa shape index (κ3) is 6.52. The second-order valence-electron chi connectivity index (χ2n) is 8.60. The number of carbonyl (C=O) groups is 4. The number of benzene rings is 2. The summed E-state index contributed by atoms with van der Waals surface area (Å²) in [5.74, 6) is -2.55. The molecule has 0 spiro atoms. The van der Waals surface area contributed by atoms with Gasteiger partial charge in [0.2, 0.25) is 5.91 Å². The van der Waals surface area contributed by atoms with E-state index in [0.29, 0.717) is 24.5 Å². The van der Waals surface area contributed by atoms with Crippen LogP contribution in [-0.4, -0.2) is 83.2 Å². The Labute approximate surface area is 222 Å². The number of carbonyl (C=O) groups excluding carboxylic acids is 4. The first-order valence-corrected chi connectivity index (χ1v) is 12.0. The normalized spacial score (nSPS) is 13.6. The maximum absolute atomic E-state index is 13.2. The highest BCUT2D eigenvalue weighted by Crippen LogP contribution is 2.20. The van der Waals surface area contributed by atoms with Crippen LogP contribution in [0.5, 0.6) is 0 Å². The predicted molar refractivity (Wildman–Crippen MR) is 139 cm³/mol. The Morgan fingerprint density at radius 1 is 0.947 bits per heavy atom. The van der Waals surface area contributed by atoms with E-state index < -0.39 is 23.5 Å². The van der Waals surface area contributed by atoms with Gasteiger partial charge < -0.3 is 30.7 Å². The number of rotatable bonds is 7. The standard InChI is InChI=1S/C25H25ClFN7O4/c1-33-8-10-34(11-9-33)20(35)13-28-24(37)21-22(30-14-29-21)25(38)32-17-5-3-16(4-6-17)31-23(36)18-7-2-15(27)12-19(18)26/h2-7,12,14H,8-11,13H2,1H3,(H,28,37)(H,29,30)(H,31,36)(H,32,38). The Balaban J connectivity index is 1.32. The number of amides is 4. The molecule has 11 nitrogen and oxygen atoms in total.